The molecule has 5 nitrogen and oxygen atoms in total. The Morgan fingerprint density at radius 2 is 2.29 bits per heavy atom. The predicted molar refractivity (Wildman–Crippen MR) is 82.3 cm³/mol. The maximum Gasteiger partial charge on any atom is 0.308 e. The third-order valence-corrected chi connectivity index (χ3v) is 4.09. The Kier molecular flexibility index (Phi) is 6.02. The fourth-order valence-corrected chi connectivity index (χ4v) is 2.97. The van der Waals surface area contributed by atoms with Crippen molar-refractivity contribution in [1.82, 2.24) is 4.90 Å². The topological polar surface area (TPSA) is 48.0 Å². The zero-order valence-electron chi connectivity index (χ0n) is 12.3. The molecule has 0 amide bonds. The van der Waals surface area contributed by atoms with Crippen LogP contribution >= 0.6 is 15.9 Å². The Morgan fingerprint density at radius 3 is 2.95 bits per heavy atom. The molecule has 116 valence electrons. The van der Waals surface area contributed by atoms with Gasteiger partial charge in [0.1, 0.15) is 5.75 Å². The molecule has 0 radical (unpaired) electrons. The highest BCUT2D eigenvalue weighted by atomic mass is 79.9. The van der Waals surface area contributed by atoms with E-state index in [4.69, 9.17) is 14.2 Å². The molecular formula is C15H20BrNO4. The van der Waals surface area contributed by atoms with E-state index in [2.05, 4.69) is 26.9 Å². The van der Waals surface area contributed by atoms with Crippen molar-refractivity contribution in [2.45, 2.75) is 19.1 Å². The van der Waals surface area contributed by atoms with E-state index in [-0.39, 0.29) is 12.1 Å². The normalized spacial score (nSPS) is 19.3. The molecule has 1 aromatic rings. The Morgan fingerprint density at radius 1 is 1.48 bits per heavy atom. The molecule has 1 aromatic carbocycles. The van der Waals surface area contributed by atoms with Crippen LogP contribution in [0.4, 0.5) is 0 Å². The number of hydrogen-bond donors (Lipinski definition) is 0. The predicted octanol–water partition coefficient (Wildman–Crippen LogP) is 2.22. The van der Waals surface area contributed by atoms with Crippen molar-refractivity contribution >= 4 is 21.9 Å². The van der Waals surface area contributed by atoms with Crippen LogP contribution in [0.3, 0.4) is 0 Å². The molecule has 1 saturated heterocycles. The fraction of sp³-hybridized carbons (Fsp3) is 0.533. The van der Waals surface area contributed by atoms with E-state index in [0.29, 0.717) is 13.0 Å². The minimum atomic E-state index is -0.228. The smallest absolute Gasteiger partial charge is 0.308 e. The Balaban J connectivity index is 1.93. The maximum absolute atomic E-state index is 11.3. The van der Waals surface area contributed by atoms with E-state index < -0.39 is 0 Å². The monoisotopic (exact) mass is 357 g/mol. The molecule has 0 spiro atoms. The van der Waals surface area contributed by atoms with Gasteiger partial charge in [-0.15, -0.1) is 0 Å². The van der Waals surface area contributed by atoms with Crippen molar-refractivity contribution in [1.29, 1.82) is 0 Å². The summed E-state index contributed by atoms with van der Waals surface area (Å²) in [5.74, 6) is 0.596. The first kappa shape index (κ1) is 16.3. The van der Waals surface area contributed by atoms with E-state index in [9.17, 15) is 4.79 Å². The highest BCUT2D eigenvalue weighted by Gasteiger charge is 2.23. The number of rotatable bonds is 5. The molecule has 6 heteroatoms. The average Bonchev–Trinajstić information content (AvgIpc) is 2.47. The zero-order chi connectivity index (χ0) is 15.2. The summed E-state index contributed by atoms with van der Waals surface area (Å²) >= 11 is 3.50. The molecule has 0 aromatic heterocycles. The number of benzene rings is 1. The van der Waals surface area contributed by atoms with Gasteiger partial charge in [-0.25, -0.2) is 0 Å². The number of carbonyl (C=O) groups excluding carboxylic acids is 1. The second kappa shape index (κ2) is 7.77. The van der Waals surface area contributed by atoms with Crippen LogP contribution in [0.15, 0.2) is 22.7 Å². The number of carbonyl (C=O) groups is 1. The summed E-state index contributed by atoms with van der Waals surface area (Å²) in [4.78, 5) is 13.6. The van der Waals surface area contributed by atoms with Gasteiger partial charge in [-0.05, 0) is 33.6 Å². The van der Waals surface area contributed by atoms with Crippen molar-refractivity contribution in [3.63, 3.8) is 0 Å². The molecule has 1 atom stereocenters. The van der Waals surface area contributed by atoms with Crippen molar-refractivity contribution in [3.05, 3.63) is 28.2 Å². The molecule has 1 aliphatic rings. The van der Waals surface area contributed by atoms with E-state index in [1.54, 1.807) is 7.11 Å². The van der Waals surface area contributed by atoms with Crippen molar-refractivity contribution in [3.8, 4) is 5.75 Å². The van der Waals surface area contributed by atoms with Gasteiger partial charge in [-0.3, -0.25) is 9.69 Å². The quantitative estimate of drug-likeness (QED) is 0.756. The molecule has 2 rings (SSSR count). The number of morpholine rings is 1. The van der Waals surface area contributed by atoms with Crippen LogP contribution < -0.4 is 4.74 Å². The van der Waals surface area contributed by atoms with Gasteiger partial charge >= 0.3 is 5.97 Å². The first-order chi connectivity index (χ1) is 10.1. The molecule has 0 N–H and O–H groups in total. The molecule has 0 aliphatic carbocycles. The molecule has 1 unspecified atom stereocenters. The van der Waals surface area contributed by atoms with Gasteiger partial charge in [0.2, 0.25) is 0 Å². The van der Waals surface area contributed by atoms with Crippen molar-refractivity contribution in [2.24, 2.45) is 0 Å². The standard InChI is InChI=1S/C15H20BrNO4/c1-19-14-4-3-11(7-13(14)16)9-17-5-6-21-12(10-17)8-15(18)20-2/h3-4,7,12H,5-6,8-10H2,1-2H3. The molecule has 1 heterocycles. The number of esters is 1. The van der Waals surface area contributed by atoms with Crippen LogP contribution in [0, 0.1) is 0 Å². The van der Waals surface area contributed by atoms with Crippen LogP contribution in [0.25, 0.3) is 0 Å². The largest absolute Gasteiger partial charge is 0.496 e. The third-order valence-electron chi connectivity index (χ3n) is 3.47. The van der Waals surface area contributed by atoms with Gasteiger partial charge in [-0.1, -0.05) is 6.07 Å². The van der Waals surface area contributed by atoms with Gasteiger partial charge in [0.05, 0.1) is 37.8 Å². The number of hydrogen-bond acceptors (Lipinski definition) is 5. The lowest BCUT2D eigenvalue weighted by molar-refractivity contribution is -0.145. The summed E-state index contributed by atoms with van der Waals surface area (Å²) in [6, 6.07) is 6.06. The first-order valence-corrected chi connectivity index (χ1v) is 7.65. The van der Waals surface area contributed by atoms with Gasteiger partial charge in [0.15, 0.2) is 0 Å². The average molecular weight is 358 g/mol. The van der Waals surface area contributed by atoms with E-state index in [0.717, 1.165) is 29.9 Å². The van der Waals surface area contributed by atoms with Crippen LogP contribution in [0.1, 0.15) is 12.0 Å². The summed E-state index contributed by atoms with van der Waals surface area (Å²) in [6.07, 6.45) is 0.215. The van der Waals surface area contributed by atoms with Crippen LogP contribution in [-0.2, 0) is 20.8 Å². The summed E-state index contributed by atoms with van der Waals surface area (Å²) < 4.78 is 16.5. The number of halogens is 1. The minimum absolute atomic E-state index is 0.0899. The number of methoxy groups -OCH3 is 2. The molecule has 21 heavy (non-hydrogen) atoms. The first-order valence-electron chi connectivity index (χ1n) is 6.85. The second-order valence-corrected chi connectivity index (χ2v) is 5.83. The SMILES string of the molecule is COC(=O)CC1CN(Cc2ccc(OC)c(Br)c2)CCO1. The lowest BCUT2D eigenvalue weighted by atomic mass is 10.1. The number of nitrogens with zero attached hydrogens (tertiary/aromatic N) is 1. The summed E-state index contributed by atoms with van der Waals surface area (Å²) in [5, 5.41) is 0. The lowest BCUT2D eigenvalue weighted by Gasteiger charge is -2.32. The van der Waals surface area contributed by atoms with Crippen LogP contribution in [0.2, 0.25) is 0 Å². The third kappa shape index (κ3) is 4.69. The van der Waals surface area contributed by atoms with E-state index >= 15 is 0 Å². The summed E-state index contributed by atoms with van der Waals surface area (Å²) in [6.45, 7) is 3.06. The second-order valence-electron chi connectivity index (χ2n) is 4.98. The highest BCUT2D eigenvalue weighted by molar-refractivity contribution is 9.10. The van der Waals surface area contributed by atoms with Gasteiger partial charge in [0, 0.05) is 19.6 Å². The molecule has 0 bridgehead atoms. The fourth-order valence-electron chi connectivity index (χ4n) is 2.38. The molecule has 0 saturated carbocycles. The van der Waals surface area contributed by atoms with Crippen molar-refractivity contribution in [2.75, 3.05) is 33.9 Å². The van der Waals surface area contributed by atoms with Crippen molar-refractivity contribution < 1.29 is 19.0 Å². The number of ether oxygens (including phenoxy) is 3. The molecule has 1 fully saturated rings. The zero-order valence-corrected chi connectivity index (χ0v) is 13.9. The highest BCUT2D eigenvalue weighted by Crippen LogP contribution is 2.26. The minimum Gasteiger partial charge on any atom is -0.496 e. The Hall–Kier alpha value is -1.11. The Bertz CT molecular complexity index is 495. The van der Waals surface area contributed by atoms with Crippen LogP contribution in [-0.4, -0.2) is 50.9 Å². The van der Waals surface area contributed by atoms with Gasteiger partial charge < -0.3 is 14.2 Å². The van der Waals surface area contributed by atoms with Crippen LogP contribution in [0.5, 0.6) is 5.75 Å². The molecular weight excluding hydrogens is 338 g/mol. The Labute approximate surface area is 133 Å². The van der Waals surface area contributed by atoms with Gasteiger partial charge in [0.25, 0.3) is 0 Å². The maximum atomic E-state index is 11.3. The molecule has 1 aliphatic heterocycles. The van der Waals surface area contributed by atoms with E-state index in [1.165, 1.54) is 12.7 Å². The summed E-state index contributed by atoms with van der Waals surface area (Å²) in [5.41, 5.74) is 1.20. The summed E-state index contributed by atoms with van der Waals surface area (Å²) in [7, 11) is 3.05. The van der Waals surface area contributed by atoms with E-state index in [1.807, 2.05) is 12.1 Å². The van der Waals surface area contributed by atoms with Gasteiger partial charge in [-0.2, -0.15) is 0 Å². The lowest BCUT2D eigenvalue weighted by Crippen LogP contribution is -2.42.